The molecule has 0 aliphatic rings. The first-order chi connectivity index (χ1) is 9.55. The second-order valence-corrected chi connectivity index (χ2v) is 6.35. The molecule has 1 aromatic heterocycles. The predicted octanol–water partition coefficient (Wildman–Crippen LogP) is 4.65. The number of ether oxygens (including phenoxy) is 2. The van der Waals surface area contributed by atoms with Crippen LogP contribution >= 0.6 is 22.9 Å². The van der Waals surface area contributed by atoms with Gasteiger partial charge in [0.05, 0.1) is 24.9 Å². The molecule has 0 spiro atoms. The van der Waals surface area contributed by atoms with Crippen LogP contribution in [0.4, 0.5) is 5.69 Å². The highest BCUT2D eigenvalue weighted by atomic mass is 35.5. The zero-order valence-corrected chi connectivity index (χ0v) is 13.6. The van der Waals surface area contributed by atoms with Crippen molar-refractivity contribution in [1.29, 1.82) is 0 Å². The van der Waals surface area contributed by atoms with E-state index in [1.807, 2.05) is 17.4 Å². The fourth-order valence-corrected chi connectivity index (χ4v) is 3.23. The van der Waals surface area contributed by atoms with Crippen LogP contribution in [0.1, 0.15) is 15.3 Å². The Hall–Kier alpha value is -1.39. The van der Waals surface area contributed by atoms with Gasteiger partial charge in [-0.05, 0) is 25.5 Å². The first-order valence-corrected chi connectivity index (χ1v) is 7.46. The monoisotopic (exact) mass is 311 g/mol. The average molecular weight is 312 g/mol. The summed E-state index contributed by atoms with van der Waals surface area (Å²) in [5.41, 5.74) is 2.17. The summed E-state index contributed by atoms with van der Waals surface area (Å²) in [5, 5.41) is 3.92. The maximum atomic E-state index is 6.09. The third-order valence-electron chi connectivity index (χ3n) is 3.09. The highest BCUT2D eigenvalue weighted by Gasteiger charge is 2.10. The SMILES string of the molecule is COc1cc(NCc2cc(C)sc2C)c(OC)cc1Cl. The van der Waals surface area contributed by atoms with E-state index >= 15 is 0 Å². The van der Waals surface area contributed by atoms with Crippen LogP contribution < -0.4 is 14.8 Å². The van der Waals surface area contributed by atoms with Crippen LogP contribution in [0.25, 0.3) is 0 Å². The minimum Gasteiger partial charge on any atom is -0.495 e. The average Bonchev–Trinajstić information content (AvgIpc) is 2.75. The molecule has 0 fully saturated rings. The Bertz CT molecular complexity index is 610. The summed E-state index contributed by atoms with van der Waals surface area (Å²) in [7, 11) is 3.23. The molecule has 0 radical (unpaired) electrons. The molecule has 0 bridgehead atoms. The first-order valence-electron chi connectivity index (χ1n) is 6.26. The number of anilines is 1. The molecule has 0 saturated carbocycles. The first kappa shape index (κ1) is 15.0. The Morgan fingerprint density at radius 3 is 2.35 bits per heavy atom. The normalized spacial score (nSPS) is 10.4. The Morgan fingerprint density at radius 1 is 1.10 bits per heavy atom. The molecule has 2 aromatic rings. The Morgan fingerprint density at radius 2 is 1.80 bits per heavy atom. The van der Waals surface area contributed by atoms with E-state index in [1.165, 1.54) is 15.3 Å². The summed E-state index contributed by atoms with van der Waals surface area (Å²) in [4.78, 5) is 2.65. The van der Waals surface area contributed by atoms with Gasteiger partial charge in [0.1, 0.15) is 11.5 Å². The number of hydrogen-bond acceptors (Lipinski definition) is 4. The molecule has 0 atom stereocenters. The maximum Gasteiger partial charge on any atom is 0.143 e. The van der Waals surface area contributed by atoms with E-state index in [9.17, 15) is 0 Å². The summed E-state index contributed by atoms with van der Waals surface area (Å²) >= 11 is 7.90. The number of methoxy groups -OCH3 is 2. The van der Waals surface area contributed by atoms with Crippen LogP contribution in [0, 0.1) is 13.8 Å². The topological polar surface area (TPSA) is 30.5 Å². The molecule has 1 aromatic carbocycles. The van der Waals surface area contributed by atoms with Gasteiger partial charge >= 0.3 is 0 Å². The number of hydrogen-bond donors (Lipinski definition) is 1. The van der Waals surface area contributed by atoms with Gasteiger partial charge in [-0.3, -0.25) is 0 Å². The van der Waals surface area contributed by atoms with E-state index in [2.05, 4.69) is 25.2 Å². The van der Waals surface area contributed by atoms with Crippen molar-refractivity contribution < 1.29 is 9.47 Å². The molecule has 0 aliphatic carbocycles. The van der Waals surface area contributed by atoms with Crippen LogP contribution in [0.15, 0.2) is 18.2 Å². The molecule has 108 valence electrons. The van der Waals surface area contributed by atoms with Crippen molar-refractivity contribution in [2.75, 3.05) is 19.5 Å². The molecule has 20 heavy (non-hydrogen) atoms. The third kappa shape index (κ3) is 3.19. The molecular weight excluding hydrogens is 294 g/mol. The zero-order valence-electron chi connectivity index (χ0n) is 12.0. The second kappa shape index (κ2) is 6.37. The smallest absolute Gasteiger partial charge is 0.143 e. The quantitative estimate of drug-likeness (QED) is 0.872. The van der Waals surface area contributed by atoms with Crippen molar-refractivity contribution in [3.05, 3.63) is 38.5 Å². The predicted molar refractivity (Wildman–Crippen MR) is 85.7 cm³/mol. The second-order valence-electron chi connectivity index (χ2n) is 4.48. The summed E-state index contributed by atoms with van der Waals surface area (Å²) in [6, 6.07) is 5.82. The van der Waals surface area contributed by atoms with Gasteiger partial charge in [0, 0.05) is 28.4 Å². The Balaban J connectivity index is 2.22. The number of benzene rings is 1. The van der Waals surface area contributed by atoms with Gasteiger partial charge in [-0.25, -0.2) is 0 Å². The summed E-state index contributed by atoms with van der Waals surface area (Å²) in [6.07, 6.45) is 0. The van der Waals surface area contributed by atoms with Crippen molar-refractivity contribution in [2.45, 2.75) is 20.4 Å². The van der Waals surface area contributed by atoms with Crippen LogP contribution in [-0.4, -0.2) is 14.2 Å². The van der Waals surface area contributed by atoms with Crippen LogP contribution in [0.5, 0.6) is 11.5 Å². The van der Waals surface area contributed by atoms with E-state index < -0.39 is 0 Å². The van der Waals surface area contributed by atoms with Crippen molar-refractivity contribution in [2.24, 2.45) is 0 Å². The van der Waals surface area contributed by atoms with E-state index in [-0.39, 0.29) is 0 Å². The van der Waals surface area contributed by atoms with Crippen molar-refractivity contribution in [3.8, 4) is 11.5 Å². The van der Waals surface area contributed by atoms with E-state index in [4.69, 9.17) is 21.1 Å². The van der Waals surface area contributed by atoms with Crippen molar-refractivity contribution in [3.63, 3.8) is 0 Å². The van der Waals surface area contributed by atoms with Gasteiger partial charge < -0.3 is 14.8 Å². The molecule has 5 heteroatoms. The van der Waals surface area contributed by atoms with Gasteiger partial charge in [-0.15, -0.1) is 11.3 Å². The lowest BCUT2D eigenvalue weighted by atomic mass is 10.2. The highest BCUT2D eigenvalue weighted by molar-refractivity contribution is 7.12. The summed E-state index contributed by atoms with van der Waals surface area (Å²) in [5.74, 6) is 1.34. The van der Waals surface area contributed by atoms with Gasteiger partial charge in [0.15, 0.2) is 0 Å². The molecular formula is C15H18ClNO2S. The minimum absolute atomic E-state index is 0.539. The number of thiophene rings is 1. The number of halogens is 1. The van der Waals surface area contributed by atoms with E-state index in [0.29, 0.717) is 16.5 Å². The van der Waals surface area contributed by atoms with Gasteiger partial charge in [0.25, 0.3) is 0 Å². The minimum atomic E-state index is 0.539. The Kier molecular flexibility index (Phi) is 4.78. The van der Waals surface area contributed by atoms with E-state index in [0.717, 1.165) is 12.2 Å². The third-order valence-corrected chi connectivity index (χ3v) is 4.39. The molecule has 0 saturated heterocycles. The summed E-state index contributed by atoms with van der Waals surface area (Å²) in [6.45, 7) is 5.00. The lowest BCUT2D eigenvalue weighted by molar-refractivity contribution is 0.404. The number of nitrogens with one attached hydrogen (secondary N) is 1. The molecule has 1 heterocycles. The van der Waals surface area contributed by atoms with Crippen molar-refractivity contribution in [1.82, 2.24) is 0 Å². The fourth-order valence-electron chi connectivity index (χ4n) is 2.05. The molecule has 0 unspecified atom stereocenters. The number of aryl methyl sites for hydroxylation is 2. The lowest BCUT2D eigenvalue weighted by Gasteiger charge is -2.14. The maximum absolute atomic E-state index is 6.09. The van der Waals surface area contributed by atoms with Crippen LogP contribution in [-0.2, 0) is 6.54 Å². The molecule has 0 aliphatic heterocycles. The lowest BCUT2D eigenvalue weighted by Crippen LogP contribution is -2.02. The molecule has 0 amide bonds. The molecule has 2 rings (SSSR count). The van der Waals surface area contributed by atoms with Crippen LogP contribution in [0.2, 0.25) is 5.02 Å². The highest BCUT2D eigenvalue weighted by Crippen LogP contribution is 2.36. The largest absolute Gasteiger partial charge is 0.495 e. The molecule has 3 nitrogen and oxygen atoms in total. The fraction of sp³-hybridized carbons (Fsp3) is 0.333. The number of rotatable bonds is 5. The van der Waals surface area contributed by atoms with E-state index in [1.54, 1.807) is 20.3 Å². The van der Waals surface area contributed by atoms with Gasteiger partial charge in [-0.2, -0.15) is 0 Å². The van der Waals surface area contributed by atoms with Crippen molar-refractivity contribution >= 4 is 28.6 Å². The van der Waals surface area contributed by atoms with Gasteiger partial charge in [0.2, 0.25) is 0 Å². The molecule has 1 N–H and O–H groups in total. The van der Waals surface area contributed by atoms with Gasteiger partial charge in [-0.1, -0.05) is 11.6 Å². The Labute approximate surface area is 128 Å². The van der Waals surface area contributed by atoms with Crippen LogP contribution in [0.3, 0.4) is 0 Å². The standard InChI is InChI=1S/C15H18ClNO2S/c1-9-5-11(10(2)20-9)8-17-13-7-14(18-3)12(16)6-15(13)19-4/h5-7,17H,8H2,1-4H3. The zero-order chi connectivity index (χ0) is 14.7. The summed E-state index contributed by atoms with van der Waals surface area (Å²) < 4.78 is 10.6.